The number of thiol groups is 1. The van der Waals surface area contributed by atoms with Crippen LogP contribution in [0.1, 0.15) is 18.5 Å². The second kappa shape index (κ2) is 4.33. The summed E-state index contributed by atoms with van der Waals surface area (Å²) in [7, 11) is 0. The summed E-state index contributed by atoms with van der Waals surface area (Å²) in [6.45, 7) is 1.55. The number of rotatable bonds is 2. The van der Waals surface area contributed by atoms with E-state index in [-0.39, 0.29) is 11.4 Å². The molecule has 0 aliphatic heterocycles. The molecule has 0 amide bonds. The molecule has 0 radical (unpaired) electrons. The summed E-state index contributed by atoms with van der Waals surface area (Å²) in [6.07, 6.45) is 0. The summed E-state index contributed by atoms with van der Waals surface area (Å²) in [5.41, 5.74) is 0.601. The van der Waals surface area contributed by atoms with Crippen molar-refractivity contribution in [2.45, 2.75) is 12.8 Å². The fourth-order valence-corrected chi connectivity index (χ4v) is 1.70. The number of hydrogen-bond donors (Lipinski definition) is 2. The Morgan fingerprint density at radius 2 is 2.18 bits per heavy atom. The maximum absolute atomic E-state index is 13.7. The van der Waals surface area contributed by atoms with E-state index >= 15 is 0 Å². The minimum absolute atomic E-state index is 0.0461. The van der Waals surface area contributed by atoms with Crippen LogP contribution in [-0.4, -0.2) is 15.2 Å². The molecule has 0 spiro atoms. The Balaban J connectivity index is 2.63. The van der Waals surface area contributed by atoms with Crippen molar-refractivity contribution in [2.24, 2.45) is 0 Å². The molecule has 5 heteroatoms. The van der Waals surface area contributed by atoms with E-state index in [0.29, 0.717) is 10.9 Å². The number of carbonyl (C=O) groups excluding carboxylic acids is 1. The number of nitrogens with zero attached hydrogens (tertiary/aromatic N) is 1. The number of phenolic OH excluding ortho intramolecular Hbond substituents is 1. The van der Waals surface area contributed by atoms with E-state index in [1.165, 1.54) is 18.2 Å². The lowest BCUT2D eigenvalue weighted by atomic mass is 10.1. The van der Waals surface area contributed by atoms with Gasteiger partial charge in [0.2, 0.25) is 0 Å². The Hall–Kier alpha value is -1.62. The van der Waals surface area contributed by atoms with E-state index < -0.39 is 16.9 Å². The van der Waals surface area contributed by atoms with Crippen molar-refractivity contribution in [3.63, 3.8) is 0 Å². The number of pyridine rings is 1. The highest BCUT2D eigenvalue weighted by atomic mass is 32.1. The molecule has 88 valence electrons. The Labute approximate surface area is 103 Å². The Bertz CT molecular complexity index is 600. The van der Waals surface area contributed by atoms with Crippen LogP contribution in [0.15, 0.2) is 24.3 Å². The van der Waals surface area contributed by atoms with Crippen molar-refractivity contribution in [1.29, 1.82) is 0 Å². The molecule has 0 bridgehead atoms. The van der Waals surface area contributed by atoms with E-state index in [4.69, 9.17) is 0 Å². The van der Waals surface area contributed by atoms with Gasteiger partial charge in [0, 0.05) is 5.39 Å². The van der Waals surface area contributed by atoms with E-state index in [9.17, 15) is 14.3 Å². The van der Waals surface area contributed by atoms with Crippen LogP contribution >= 0.6 is 12.6 Å². The second-order valence-corrected chi connectivity index (χ2v) is 4.23. The lowest BCUT2D eigenvalue weighted by molar-refractivity contribution is -0.111. The maximum Gasteiger partial charge on any atom is 0.194 e. The predicted octanol–water partition coefficient (Wildman–Crippen LogP) is 2.64. The Morgan fingerprint density at radius 3 is 2.82 bits per heavy atom. The first kappa shape index (κ1) is 11.9. The minimum Gasteiger partial charge on any atom is -0.508 e. The van der Waals surface area contributed by atoms with Gasteiger partial charge in [-0.3, -0.25) is 4.79 Å². The molecule has 1 aromatic heterocycles. The first-order chi connectivity index (χ1) is 7.99. The van der Waals surface area contributed by atoms with Gasteiger partial charge in [-0.2, -0.15) is 0 Å². The molecule has 0 aliphatic carbocycles. The molecule has 3 nitrogen and oxygen atoms in total. The summed E-state index contributed by atoms with van der Waals surface area (Å²) < 4.78 is 13.7. The number of aromatic nitrogens is 1. The van der Waals surface area contributed by atoms with Gasteiger partial charge in [0.15, 0.2) is 5.12 Å². The number of aromatic hydroxyl groups is 1. The van der Waals surface area contributed by atoms with Crippen LogP contribution in [0.5, 0.6) is 5.75 Å². The van der Waals surface area contributed by atoms with Crippen molar-refractivity contribution >= 4 is 28.6 Å². The van der Waals surface area contributed by atoms with Crippen molar-refractivity contribution in [2.75, 3.05) is 0 Å². The lowest BCUT2D eigenvalue weighted by Gasteiger charge is -2.09. The molecule has 0 saturated heterocycles. The van der Waals surface area contributed by atoms with Gasteiger partial charge < -0.3 is 5.11 Å². The number of benzene rings is 1. The average Bonchev–Trinajstić information content (AvgIpc) is 2.27. The fourth-order valence-electron chi connectivity index (χ4n) is 1.57. The third-order valence-electron chi connectivity index (χ3n) is 2.56. The highest BCUT2D eigenvalue weighted by Crippen LogP contribution is 2.25. The second-order valence-electron chi connectivity index (χ2n) is 3.79. The number of carbonyl (C=O) groups is 1. The van der Waals surface area contributed by atoms with Crippen LogP contribution in [0.2, 0.25) is 0 Å². The Kier molecular flexibility index (Phi) is 3.02. The fraction of sp³-hybridized carbons (Fsp3) is 0.167. The molecule has 1 N–H and O–H groups in total. The van der Waals surface area contributed by atoms with Crippen molar-refractivity contribution in [3.8, 4) is 5.75 Å². The summed E-state index contributed by atoms with van der Waals surface area (Å²) >= 11 is 3.68. The maximum atomic E-state index is 13.7. The van der Waals surface area contributed by atoms with Gasteiger partial charge >= 0.3 is 0 Å². The molecule has 1 aromatic carbocycles. The summed E-state index contributed by atoms with van der Waals surface area (Å²) in [5.74, 6) is -1.22. The molecule has 2 aromatic rings. The van der Waals surface area contributed by atoms with Gasteiger partial charge in [-0.15, -0.1) is 12.6 Å². The molecule has 2 rings (SSSR count). The average molecular weight is 251 g/mol. The van der Waals surface area contributed by atoms with Crippen molar-refractivity contribution in [3.05, 3.63) is 35.8 Å². The van der Waals surface area contributed by atoms with Crippen LogP contribution in [0.4, 0.5) is 4.39 Å². The van der Waals surface area contributed by atoms with Crippen LogP contribution in [-0.2, 0) is 4.79 Å². The van der Waals surface area contributed by atoms with E-state index in [1.807, 2.05) is 0 Å². The minimum atomic E-state index is -0.698. The van der Waals surface area contributed by atoms with E-state index in [2.05, 4.69) is 17.6 Å². The summed E-state index contributed by atoms with van der Waals surface area (Å²) in [4.78, 5) is 15.2. The van der Waals surface area contributed by atoms with Gasteiger partial charge in [-0.05, 0) is 31.2 Å². The van der Waals surface area contributed by atoms with Crippen LogP contribution < -0.4 is 0 Å². The molecule has 1 unspecified atom stereocenters. The zero-order valence-electron chi connectivity index (χ0n) is 9.01. The van der Waals surface area contributed by atoms with Gasteiger partial charge in [0.1, 0.15) is 11.6 Å². The van der Waals surface area contributed by atoms with E-state index in [0.717, 1.165) is 0 Å². The van der Waals surface area contributed by atoms with Crippen LogP contribution in [0, 0.1) is 5.82 Å². The first-order valence-corrected chi connectivity index (χ1v) is 5.45. The molecule has 17 heavy (non-hydrogen) atoms. The third kappa shape index (κ3) is 2.24. The first-order valence-electron chi connectivity index (χ1n) is 5.01. The SMILES string of the molecule is CC(C(=O)S)c1nc2ccc(O)cc2cc1F. The van der Waals surface area contributed by atoms with Gasteiger partial charge in [-0.25, -0.2) is 9.37 Å². The molecule has 1 atom stereocenters. The van der Waals surface area contributed by atoms with Gasteiger partial charge in [0.05, 0.1) is 17.1 Å². The lowest BCUT2D eigenvalue weighted by Crippen LogP contribution is -2.07. The number of halogens is 1. The zero-order chi connectivity index (χ0) is 12.6. The third-order valence-corrected chi connectivity index (χ3v) is 2.95. The molecular formula is C12H10FNO2S. The van der Waals surface area contributed by atoms with Crippen LogP contribution in [0.3, 0.4) is 0 Å². The van der Waals surface area contributed by atoms with Gasteiger partial charge in [-0.1, -0.05) is 0 Å². The van der Waals surface area contributed by atoms with Crippen molar-refractivity contribution in [1.82, 2.24) is 4.98 Å². The number of fused-ring (bicyclic) bond motifs is 1. The van der Waals surface area contributed by atoms with E-state index in [1.54, 1.807) is 13.0 Å². The predicted molar refractivity (Wildman–Crippen MR) is 65.8 cm³/mol. The quantitative estimate of drug-likeness (QED) is 0.807. The highest BCUT2D eigenvalue weighted by Gasteiger charge is 2.18. The number of hydrogen-bond acceptors (Lipinski definition) is 3. The van der Waals surface area contributed by atoms with Crippen LogP contribution in [0.25, 0.3) is 10.9 Å². The molecule has 0 aliphatic rings. The topological polar surface area (TPSA) is 50.2 Å². The monoisotopic (exact) mass is 251 g/mol. The molecule has 0 saturated carbocycles. The van der Waals surface area contributed by atoms with Crippen molar-refractivity contribution < 1.29 is 14.3 Å². The molecule has 0 fully saturated rings. The normalized spacial score (nSPS) is 12.6. The smallest absolute Gasteiger partial charge is 0.194 e. The Morgan fingerprint density at radius 1 is 1.47 bits per heavy atom. The zero-order valence-corrected chi connectivity index (χ0v) is 9.91. The van der Waals surface area contributed by atoms with Gasteiger partial charge in [0.25, 0.3) is 0 Å². The molecular weight excluding hydrogens is 241 g/mol. The highest BCUT2D eigenvalue weighted by molar-refractivity contribution is 7.96. The molecule has 1 heterocycles. The largest absolute Gasteiger partial charge is 0.508 e. The summed E-state index contributed by atoms with van der Waals surface area (Å²) in [6, 6.07) is 5.71. The number of phenols is 1. The standard InChI is InChI=1S/C12H10FNO2S/c1-6(12(16)17)11-9(13)5-7-4-8(15)2-3-10(7)14-11/h2-6,15H,1H3,(H,16,17). The summed E-state index contributed by atoms with van der Waals surface area (Å²) in [5, 5.41) is 9.33.